The second kappa shape index (κ2) is 4.12. The van der Waals surface area contributed by atoms with Gasteiger partial charge in [0, 0.05) is 10.7 Å². The van der Waals surface area contributed by atoms with Gasteiger partial charge in [0.2, 0.25) is 0 Å². The van der Waals surface area contributed by atoms with Gasteiger partial charge in [0.05, 0.1) is 25.4 Å². The topological polar surface area (TPSA) is 36.9 Å². The first kappa shape index (κ1) is 10.3. The molecule has 2 saturated heterocycles. The highest BCUT2D eigenvalue weighted by Crippen LogP contribution is 2.33. The Hall–Kier alpha value is 0.800. The van der Waals surface area contributed by atoms with Crippen molar-refractivity contribution in [2.45, 2.75) is 18.4 Å². The SMILES string of the molecule is BrCC1COC2(OCC(CBr)O2)O1. The Kier molecular flexibility index (Phi) is 3.27. The number of rotatable bonds is 2. The molecule has 0 aromatic rings. The van der Waals surface area contributed by atoms with Crippen molar-refractivity contribution in [3.05, 3.63) is 0 Å². The summed E-state index contributed by atoms with van der Waals surface area (Å²) in [6.07, 6.45) is -1.21. The summed E-state index contributed by atoms with van der Waals surface area (Å²) >= 11 is 6.63. The van der Waals surface area contributed by atoms with Crippen molar-refractivity contribution in [2.75, 3.05) is 23.9 Å². The largest absolute Gasteiger partial charge is 0.413 e. The summed E-state index contributed by atoms with van der Waals surface area (Å²) in [6.45, 7) is 1.00. The zero-order valence-electron chi connectivity index (χ0n) is 6.87. The molecule has 76 valence electrons. The van der Waals surface area contributed by atoms with E-state index < -0.39 is 6.16 Å². The summed E-state index contributed by atoms with van der Waals surface area (Å²) in [7, 11) is 0. The summed E-state index contributed by atoms with van der Waals surface area (Å²) in [5, 5.41) is 1.45. The second-order valence-electron chi connectivity index (χ2n) is 2.91. The molecule has 2 fully saturated rings. The third kappa shape index (κ3) is 2.08. The molecule has 2 atom stereocenters. The van der Waals surface area contributed by atoms with Gasteiger partial charge in [0.25, 0.3) is 0 Å². The number of ether oxygens (including phenoxy) is 4. The van der Waals surface area contributed by atoms with Crippen molar-refractivity contribution in [3.63, 3.8) is 0 Å². The molecule has 6 heteroatoms. The average Bonchev–Trinajstić information content (AvgIpc) is 2.74. The van der Waals surface area contributed by atoms with E-state index in [4.69, 9.17) is 18.9 Å². The predicted octanol–water partition coefficient (Wildman–Crippen LogP) is 1.22. The highest BCUT2D eigenvalue weighted by molar-refractivity contribution is 9.09. The molecule has 0 amide bonds. The van der Waals surface area contributed by atoms with Crippen LogP contribution in [0.5, 0.6) is 0 Å². The summed E-state index contributed by atoms with van der Waals surface area (Å²) < 4.78 is 21.6. The van der Waals surface area contributed by atoms with Crippen LogP contribution in [0.3, 0.4) is 0 Å². The summed E-state index contributed by atoms with van der Waals surface area (Å²) in [5.74, 6) is 0. The Morgan fingerprint density at radius 3 is 1.77 bits per heavy atom. The van der Waals surface area contributed by atoms with Crippen molar-refractivity contribution < 1.29 is 18.9 Å². The summed E-state index contributed by atoms with van der Waals surface area (Å²) in [6, 6.07) is 0. The first-order valence-corrected chi connectivity index (χ1v) is 6.28. The minimum Gasteiger partial charge on any atom is -0.300 e. The standard InChI is InChI=1S/C7H10Br2O4/c8-1-5-3-10-7(12-5)11-4-6(2-9)13-7/h5-6H,1-4H2. The van der Waals surface area contributed by atoms with Gasteiger partial charge in [-0.1, -0.05) is 31.9 Å². The minimum absolute atomic E-state index is 0.00840. The first-order chi connectivity index (χ1) is 6.28. The van der Waals surface area contributed by atoms with Crippen LogP contribution in [0.4, 0.5) is 0 Å². The van der Waals surface area contributed by atoms with E-state index in [2.05, 4.69) is 31.9 Å². The fraction of sp³-hybridized carbons (Fsp3) is 1.00. The Morgan fingerprint density at radius 2 is 1.46 bits per heavy atom. The maximum absolute atomic E-state index is 5.46. The minimum atomic E-state index is -1.23. The maximum Gasteiger partial charge on any atom is 0.413 e. The van der Waals surface area contributed by atoms with Gasteiger partial charge in [0.15, 0.2) is 0 Å². The number of hydrogen-bond donors (Lipinski definition) is 0. The fourth-order valence-corrected chi connectivity index (χ4v) is 1.86. The highest BCUT2D eigenvalue weighted by atomic mass is 79.9. The molecule has 0 N–H and O–H groups in total. The van der Waals surface area contributed by atoms with Gasteiger partial charge in [-0.3, -0.25) is 9.47 Å². The van der Waals surface area contributed by atoms with Crippen molar-refractivity contribution in [2.24, 2.45) is 0 Å². The van der Waals surface area contributed by atoms with Crippen LogP contribution in [-0.2, 0) is 18.9 Å². The van der Waals surface area contributed by atoms with Crippen LogP contribution in [0.15, 0.2) is 0 Å². The zero-order valence-corrected chi connectivity index (χ0v) is 10.0. The van der Waals surface area contributed by atoms with Crippen LogP contribution >= 0.6 is 31.9 Å². The van der Waals surface area contributed by atoms with Crippen molar-refractivity contribution in [3.8, 4) is 0 Å². The normalized spacial score (nSPS) is 44.8. The molecule has 4 nitrogen and oxygen atoms in total. The molecule has 1 spiro atoms. The number of hydrogen-bond acceptors (Lipinski definition) is 4. The number of halogens is 2. The second-order valence-corrected chi connectivity index (χ2v) is 4.21. The van der Waals surface area contributed by atoms with E-state index in [9.17, 15) is 0 Å². The Bertz CT molecular complexity index is 169. The maximum atomic E-state index is 5.46. The van der Waals surface area contributed by atoms with Crippen LogP contribution in [0.2, 0.25) is 0 Å². The van der Waals surface area contributed by atoms with E-state index in [0.29, 0.717) is 13.2 Å². The lowest BCUT2D eigenvalue weighted by molar-refractivity contribution is -0.429. The molecule has 2 rings (SSSR count). The lowest BCUT2D eigenvalue weighted by Crippen LogP contribution is -2.33. The Labute approximate surface area is 93.1 Å². The average molecular weight is 318 g/mol. The monoisotopic (exact) mass is 316 g/mol. The lowest BCUT2D eigenvalue weighted by Gasteiger charge is -2.19. The van der Waals surface area contributed by atoms with Crippen molar-refractivity contribution >= 4 is 31.9 Å². The Morgan fingerprint density at radius 1 is 1.00 bits per heavy atom. The van der Waals surface area contributed by atoms with E-state index in [1.165, 1.54) is 0 Å². The molecule has 0 aromatic carbocycles. The van der Waals surface area contributed by atoms with E-state index in [0.717, 1.165) is 10.7 Å². The van der Waals surface area contributed by atoms with Crippen LogP contribution < -0.4 is 0 Å². The van der Waals surface area contributed by atoms with Gasteiger partial charge in [-0.25, -0.2) is 0 Å². The molecule has 0 radical (unpaired) electrons. The van der Waals surface area contributed by atoms with Crippen LogP contribution in [0.25, 0.3) is 0 Å². The third-order valence-electron chi connectivity index (χ3n) is 1.86. The lowest BCUT2D eigenvalue weighted by atomic mass is 10.5. The molecular weight excluding hydrogens is 308 g/mol. The zero-order chi connectivity index (χ0) is 9.31. The molecule has 2 aliphatic rings. The van der Waals surface area contributed by atoms with Gasteiger partial charge < -0.3 is 9.47 Å². The van der Waals surface area contributed by atoms with E-state index >= 15 is 0 Å². The van der Waals surface area contributed by atoms with Gasteiger partial charge in [-0.15, -0.1) is 0 Å². The van der Waals surface area contributed by atoms with Crippen LogP contribution in [0, 0.1) is 0 Å². The highest BCUT2D eigenvalue weighted by Gasteiger charge is 2.50. The molecule has 2 aliphatic heterocycles. The molecule has 0 aromatic heterocycles. The molecule has 0 saturated carbocycles. The summed E-state index contributed by atoms with van der Waals surface area (Å²) in [4.78, 5) is 0. The van der Waals surface area contributed by atoms with Crippen molar-refractivity contribution in [1.82, 2.24) is 0 Å². The van der Waals surface area contributed by atoms with Gasteiger partial charge in [-0.05, 0) is 0 Å². The van der Waals surface area contributed by atoms with Gasteiger partial charge in [-0.2, -0.15) is 0 Å². The fourth-order valence-electron chi connectivity index (χ4n) is 1.22. The van der Waals surface area contributed by atoms with Crippen LogP contribution in [0.1, 0.15) is 0 Å². The smallest absolute Gasteiger partial charge is 0.300 e. The Balaban J connectivity index is 1.93. The van der Waals surface area contributed by atoms with Gasteiger partial charge >= 0.3 is 6.16 Å². The summed E-state index contributed by atoms with van der Waals surface area (Å²) in [5.41, 5.74) is 0. The first-order valence-electron chi connectivity index (χ1n) is 4.03. The van der Waals surface area contributed by atoms with E-state index in [1.54, 1.807) is 0 Å². The van der Waals surface area contributed by atoms with Gasteiger partial charge in [0.1, 0.15) is 0 Å². The van der Waals surface area contributed by atoms with Crippen molar-refractivity contribution in [1.29, 1.82) is 0 Å². The molecule has 2 heterocycles. The molecular formula is C7H10Br2O4. The predicted molar refractivity (Wildman–Crippen MR) is 52.0 cm³/mol. The number of alkyl halides is 2. The van der Waals surface area contributed by atoms with E-state index in [1.807, 2.05) is 0 Å². The molecule has 2 unspecified atom stereocenters. The molecule has 0 aliphatic carbocycles. The quantitative estimate of drug-likeness (QED) is 0.718. The molecule has 0 bridgehead atoms. The van der Waals surface area contributed by atoms with E-state index in [-0.39, 0.29) is 12.2 Å². The molecule has 13 heavy (non-hydrogen) atoms. The third-order valence-corrected chi connectivity index (χ3v) is 3.30. The van der Waals surface area contributed by atoms with Crippen LogP contribution in [-0.4, -0.2) is 42.2 Å².